The van der Waals surface area contributed by atoms with Crippen LogP contribution in [0, 0.1) is 17.1 Å². The third kappa shape index (κ3) is 6.18. The van der Waals surface area contributed by atoms with E-state index in [4.69, 9.17) is 16.9 Å². The van der Waals surface area contributed by atoms with E-state index in [0.29, 0.717) is 28.7 Å². The first-order valence-corrected chi connectivity index (χ1v) is 9.57. The van der Waals surface area contributed by atoms with Crippen molar-refractivity contribution in [2.45, 2.75) is 25.9 Å². The molecule has 0 spiro atoms. The average molecular weight is 529 g/mol. The van der Waals surface area contributed by atoms with E-state index < -0.39 is 5.82 Å². The Labute approximate surface area is 192 Å². The normalized spacial score (nSPS) is 16.1. The first kappa shape index (κ1) is 23.2. The lowest BCUT2D eigenvalue weighted by Crippen LogP contribution is -2.44. The summed E-state index contributed by atoms with van der Waals surface area (Å²) in [6, 6.07) is 10.2. The van der Waals surface area contributed by atoms with Crippen LogP contribution in [0.3, 0.4) is 0 Å². The Bertz CT molecular complexity index is 901. The maximum Gasteiger partial charge on any atom is 0.191 e. The summed E-state index contributed by atoms with van der Waals surface area (Å²) >= 11 is 6.25. The van der Waals surface area contributed by atoms with E-state index in [1.54, 1.807) is 18.3 Å². The minimum atomic E-state index is -0.421. The van der Waals surface area contributed by atoms with Crippen molar-refractivity contribution < 1.29 is 4.39 Å². The molecule has 9 heteroatoms. The number of guanidine groups is 1. The fraction of sp³-hybridized carbons (Fsp3) is 0.350. The van der Waals surface area contributed by atoms with Crippen molar-refractivity contribution in [3.63, 3.8) is 0 Å². The molecule has 0 saturated carbocycles. The van der Waals surface area contributed by atoms with Gasteiger partial charge in [0.05, 0.1) is 23.2 Å². The summed E-state index contributed by atoms with van der Waals surface area (Å²) in [4.78, 5) is 11.0. The molecular formula is C20H23ClFIN6. The van der Waals surface area contributed by atoms with Crippen molar-refractivity contribution >= 4 is 47.4 Å². The predicted molar refractivity (Wildman–Crippen MR) is 124 cm³/mol. The zero-order chi connectivity index (χ0) is 19.9. The van der Waals surface area contributed by atoms with Gasteiger partial charge in [0.25, 0.3) is 0 Å². The van der Waals surface area contributed by atoms with E-state index >= 15 is 0 Å². The minimum Gasteiger partial charge on any atom is -0.357 e. The molecule has 6 nitrogen and oxygen atoms in total. The number of aromatic nitrogens is 1. The van der Waals surface area contributed by atoms with Crippen molar-refractivity contribution in [3.8, 4) is 6.07 Å². The molecule has 0 aliphatic carbocycles. The lowest BCUT2D eigenvalue weighted by Gasteiger charge is -2.20. The lowest BCUT2D eigenvalue weighted by atomic mass is 10.1. The predicted octanol–water partition coefficient (Wildman–Crippen LogP) is 3.70. The molecule has 1 aromatic carbocycles. The second-order valence-corrected chi connectivity index (χ2v) is 6.91. The number of nitriles is 1. The molecule has 2 N–H and O–H groups in total. The van der Waals surface area contributed by atoms with Gasteiger partial charge >= 0.3 is 0 Å². The number of nitrogens with one attached hydrogen (secondary N) is 2. The molecule has 1 atom stereocenters. The van der Waals surface area contributed by atoms with Crippen LogP contribution in [-0.4, -0.2) is 36.6 Å². The maximum atomic E-state index is 14.1. The fourth-order valence-corrected chi connectivity index (χ4v) is 3.34. The highest BCUT2D eigenvalue weighted by Gasteiger charge is 2.25. The molecule has 154 valence electrons. The van der Waals surface area contributed by atoms with Crippen LogP contribution in [0.1, 0.15) is 24.5 Å². The largest absolute Gasteiger partial charge is 0.357 e. The van der Waals surface area contributed by atoms with E-state index in [9.17, 15) is 4.39 Å². The van der Waals surface area contributed by atoms with Gasteiger partial charge in [0.15, 0.2) is 5.96 Å². The topological polar surface area (TPSA) is 76.3 Å². The van der Waals surface area contributed by atoms with Gasteiger partial charge < -0.3 is 15.5 Å². The van der Waals surface area contributed by atoms with Gasteiger partial charge in [-0.3, -0.25) is 0 Å². The number of halogens is 3. The summed E-state index contributed by atoms with van der Waals surface area (Å²) < 4.78 is 14.1. The summed E-state index contributed by atoms with van der Waals surface area (Å²) in [7, 11) is 0. The van der Waals surface area contributed by atoms with Crippen LogP contribution in [0.4, 0.5) is 10.2 Å². The molecule has 2 heterocycles. The molecule has 0 amide bonds. The Morgan fingerprint density at radius 2 is 2.28 bits per heavy atom. The van der Waals surface area contributed by atoms with Crippen LogP contribution in [0.15, 0.2) is 41.5 Å². The molecule has 1 fully saturated rings. The monoisotopic (exact) mass is 528 g/mol. The summed E-state index contributed by atoms with van der Waals surface area (Å²) in [5.74, 6) is 0.996. The number of nitrogens with zero attached hydrogens (tertiary/aromatic N) is 4. The van der Waals surface area contributed by atoms with E-state index in [-0.39, 0.29) is 36.6 Å². The van der Waals surface area contributed by atoms with Crippen LogP contribution in [0.2, 0.25) is 5.02 Å². The molecule has 1 aromatic heterocycles. The average Bonchev–Trinajstić information content (AvgIpc) is 3.15. The molecule has 1 unspecified atom stereocenters. The number of anilines is 1. The molecule has 0 radical (unpaired) electrons. The van der Waals surface area contributed by atoms with Crippen LogP contribution < -0.4 is 15.5 Å². The van der Waals surface area contributed by atoms with Gasteiger partial charge in [0, 0.05) is 37.4 Å². The quantitative estimate of drug-likeness (QED) is 0.352. The number of pyridine rings is 1. The van der Waals surface area contributed by atoms with Crippen molar-refractivity contribution in [1.29, 1.82) is 5.26 Å². The summed E-state index contributed by atoms with van der Waals surface area (Å²) in [5.41, 5.74) is 0.749. The number of rotatable bonds is 5. The van der Waals surface area contributed by atoms with Gasteiger partial charge in [-0.1, -0.05) is 17.7 Å². The van der Waals surface area contributed by atoms with Gasteiger partial charge in [-0.25, -0.2) is 14.4 Å². The molecule has 3 rings (SSSR count). The Balaban J connectivity index is 0.00000300. The zero-order valence-electron chi connectivity index (χ0n) is 16.0. The zero-order valence-corrected chi connectivity index (χ0v) is 19.1. The van der Waals surface area contributed by atoms with E-state index in [1.165, 1.54) is 6.07 Å². The highest BCUT2D eigenvalue weighted by Crippen LogP contribution is 2.25. The molecular weight excluding hydrogens is 506 g/mol. The number of aliphatic imine (C=N–C) groups is 1. The third-order valence-corrected chi connectivity index (χ3v) is 4.80. The second-order valence-electron chi connectivity index (χ2n) is 6.50. The third-order valence-electron chi connectivity index (χ3n) is 4.50. The molecule has 29 heavy (non-hydrogen) atoms. The molecule has 1 aliphatic heterocycles. The SMILES string of the molecule is CCNC(=NCc1ccc(C#N)cc1F)NC1CCN(c2ncccc2Cl)C1.I. The summed E-state index contributed by atoms with van der Waals surface area (Å²) in [6.07, 6.45) is 2.65. The van der Waals surface area contributed by atoms with E-state index in [2.05, 4.69) is 25.5 Å². The smallest absolute Gasteiger partial charge is 0.191 e. The molecule has 2 aromatic rings. The van der Waals surface area contributed by atoms with Gasteiger partial charge in [-0.05, 0) is 37.6 Å². The second kappa shape index (κ2) is 11.2. The Kier molecular flexibility index (Phi) is 8.92. The van der Waals surface area contributed by atoms with E-state index in [1.807, 2.05) is 25.1 Å². The Hall–Kier alpha value is -2.12. The van der Waals surface area contributed by atoms with Crippen LogP contribution in [0.5, 0.6) is 0 Å². The maximum absolute atomic E-state index is 14.1. The van der Waals surface area contributed by atoms with Crippen molar-refractivity contribution in [1.82, 2.24) is 15.6 Å². The van der Waals surface area contributed by atoms with Gasteiger partial charge in [0.1, 0.15) is 11.6 Å². The molecule has 0 bridgehead atoms. The van der Waals surface area contributed by atoms with Crippen molar-refractivity contribution in [2.75, 3.05) is 24.5 Å². The van der Waals surface area contributed by atoms with Gasteiger partial charge in [-0.2, -0.15) is 5.26 Å². The van der Waals surface area contributed by atoms with Crippen LogP contribution in [0.25, 0.3) is 0 Å². The Morgan fingerprint density at radius 1 is 1.45 bits per heavy atom. The first-order valence-electron chi connectivity index (χ1n) is 9.19. The highest BCUT2D eigenvalue weighted by molar-refractivity contribution is 14.0. The number of benzene rings is 1. The van der Waals surface area contributed by atoms with Gasteiger partial charge in [0.2, 0.25) is 0 Å². The fourth-order valence-electron chi connectivity index (χ4n) is 3.10. The Morgan fingerprint density at radius 3 is 2.97 bits per heavy atom. The highest BCUT2D eigenvalue weighted by atomic mass is 127. The summed E-state index contributed by atoms with van der Waals surface area (Å²) in [5, 5.41) is 16.1. The van der Waals surface area contributed by atoms with E-state index in [0.717, 1.165) is 25.3 Å². The van der Waals surface area contributed by atoms with Crippen molar-refractivity contribution in [2.24, 2.45) is 4.99 Å². The number of hydrogen-bond donors (Lipinski definition) is 2. The van der Waals surface area contributed by atoms with Gasteiger partial charge in [-0.15, -0.1) is 24.0 Å². The molecule has 1 saturated heterocycles. The van der Waals surface area contributed by atoms with Crippen molar-refractivity contribution in [3.05, 3.63) is 58.5 Å². The standard InChI is InChI=1S/C20H22ClFN6.HI/c1-2-24-20(26-12-15-6-5-14(11-23)10-18(15)22)27-16-7-9-28(13-16)19-17(21)4-3-8-25-19;/h3-6,8,10,16H,2,7,9,12-13H2,1H3,(H2,24,26,27);1H. The summed E-state index contributed by atoms with van der Waals surface area (Å²) in [6.45, 7) is 4.47. The van der Waals surface area contributed by atoms with Crippen LogP contribution in [-0.2, 0) is 6.54 Å². The number of hydrogen-bond acceptors (Lipinski definition) is 4. The minimum absolute atomic E-state index is 0. The first-order chi connectivity index (χ1) is 13.6. The molecule has 1 aliphatic rings. The lowest BCUT2D eigenvalue weighted by molar-refractivity contribution is 0.608. The van der Waals surface area contributed by atoms with Crippen LogP contribution >= 0.6 is 35.6 Å².